The van der Waals surface area contributed by atoms with Crippen molar-refractivity contribution >= 4 is 23.3 Å². The molecule has 0 fully saturated rings. The first-order valence-corrected chi connectivity index (χ1v) is 9.75. The number of carbonyl (C=O) groups is 1. The third-order valence-corrected chi connectivity index (χ3v) is 4.84. The Bertz CT molecular complexity index is 1140. The topological polar surface area (TPSA) is 80.0 Å². The second-order valence-corrected chi connectivity index (χ2v) is 7.14. The van der Waals surface area contributed by atoms with E-state index in [1.54, 1.807) is 12.1 Å². The molecule has 1 heterocycles. The second-order valence-electron chi connectivity index (χ2n) is 6.73. The lowest BCUT2D eigenvalue weighted by molar-refractivity contribution is 0.248. The van der Waals surface area contributed by atoms with Crippen LogP contribution in [0.3, 0.4) is 0 Å². The molecule has 2 amide bonds. The minimum Gasteiger partial charge on any atom is -0.418 e. The van der Waals surface area contributed by atoms with Crippen molar-refractivity contribution in [3.8, 4) is 11.5 Å². The number of hydrogen-bond acceptors (Lipinski definition) is 4. The largest absolute Gasteiger partial charge is 0.418 e. The first-order chi connectivity index (χ1) is 14.6. The zero-order chi connectivity index (χ0) is 20.9. The molecule has 0 saturated heterocycles. The molecule has 4 rings (SSSR count). The van der Waals surface area contributed by atoms with Gasteiger partial charge in [0.1, 0.15) is 6.04 Å². The molecule has 3 aromatic carbocycles. The Morgan fingerprint density at radius 1 is 0.933 bits per heavy atom. The molecule has 0 aliphatic rings. The van der Waals surface area contributed by atoms with Crippen LogP contribution in [-0.4, -0.2) is 16.2 Å². The van der Waals surface area contributed by atoms with E-state index >= 15 is 0 Å². The van der Waals surface area contributed by atoms with E-state index in [0.717, 1.165) is 11.1 Å². The predicted molar refractivity (Wildman–Crippen MR) is 116 cm³/mol. The van der Waals surface area contributed by atoms with E-state index in [2.05, 4.69) is 20.8 Å². The van der Waals surface area contributed by atoms with Gasteiger partial charge in [0.15, 0.2) is 0 Å². The number of nitrogens with zero attached hydrogens (tertiary/aromatic N) is 2. The van der Waals surface area contributed by atoms with Crippen LogP contribution in [-0.2, 0) is 0 Å². The number of aryl methyl sites for hydroxylation is 1. The van der Waals surface area contributed by atoms with Crippen LogP contribution in [0.2, 0.25) is 5.02 Å². The molecule has 150 valence electrons. The molecule has 0 unspecified atom stereocenters. The predicted octanol–water partition coefficient (Wildman–Crippen LogP) is 5.61. The van der Waals surface area contributed by atoms with Crippen LogP contribution in [0.1, 0.15) is 23.1 Å². The van der Waals surface area contributed by atoms with Crippen LogP contribution in [0.5, 0.6) is 0 Å². The zero-order valence-electron chi connectivity index (χ0n) is 16.2. The van der Waals surface area contributed by atoms with Gasteiger partial charge in [0, 0.05) is 5.69 Å². The van der Waals surface area contributed by atoms with Crippen LogP contribution in [0.25, 0.3) is 11.5 Å². The van der Waals surface area contributed by atoms with Gasteiger partial charge in [-0.25, -0.2) is 4.79 Å². The fourth-order valence-corrected chi connectivity index (χ4v) is 3.18. The summed E-state index contributed by atoms with van der Waals surface area (Å²) in [6, 6.07) is 23.2. The molecular weight excluding hydrogens is 400 g/mol. The molecule has 7 heteroatoms. The van der Waals surface area contributed by atoms with Gasteiger partial charge in [0.05, 0.1) is 10.6 Å². The van der Waals surface area contributed by atoms with Crippen molar-refractivity contribution in [3.05, 3.63) is 101 Å². The molecule has 0 spiro atoms. The molecule has 0 aliphatic carbocycles. The number of benzene rings is 3. The maximum atomic E-state index is 12.7. The SMILES string of the molecule is Cc1ccc(NC(=O)N[C@H](c2ccccc2)c2nnc(-c3ccccc3Cl)o2)cc1. The number of aromatic nitrogens is 2. The van der Waals surface area contributed by atoms with E-state index in [4.69, 9.17) is 16.0 Å². The van der Waals surface area contributed by atoms with E-state index in [-0.39, 0.29) is 17.8 Å². The quantitative estimate of drug-likeness (QED) is 0.441. The summed E-state index contributed by atoms with van der Waals surface area (Å²) in [5.74, 6) is 0.549. The summed E-state index contributed by atoms with van der Waals surface area (Å²) >= 11 is 6.24. The number of anilines is 1. The molecule has 0 saturated carbocycles. The maximum Gasteiger partial charge on any atom is 0.320 e. The fraction of sp³-hybridized carbons (Fsp3) is 0.0870. The Morgan fingerprint density at radius 2 is 1.63 bits per heavy atom. The first-order valence-electron chi connectivity index (χ1n) is 9.37. The van der Waals surface area contributed by atoms with Gasteiger partial charge in [-0.2, -0.15) is 0 Å². The Balaban J connectivity index is 1.60. The number of rotatable bonds is 5. The van der Waals surface area contributed by atoms with Crippen LogP contribution < -0.4 is 10.6 Å². The molecule has 30 heavy (non-hydrogen) atoms. The second kappa shape index (κ2) is 8.80. The normalized spacial score (nSPS) is 11.7. The summed E-state index contributed by atoms with van der Waals surface area (Å²) in [5.41, 5.74) is 3.24. The smallest absolute Gasteiger partial charge is 0.320 e. The van der Waals surface area contributed by atoms with Gasteiger partial charge in [-0.3, -0.25) is 0 Å². The number of urea groups is 1. The lowest BCUT2D eigenvalue weighted by atomic mass is 10.1. The highest BCUT2D eigenvalue weighted by Gasteiger charge is 2.24. The fourth-order valence-electron chi connectivity index (χ4n) is 2.96. The van der Waals surface area contributed by atoms with Gasteiger partial charge in [-0.05, 0) is 36.8 Å². The van der Waals surface area contributed by atoms with Gasteiger partial charge >= 0.3 is 6.03 Å². The van der Waals surface area contributed by atoms with Crippen molar-refractivity contribution < 1.29 is 9.21 Å². The maximum absolute atomic E-state index is 12.7. The van der Waals surface area contributed by atoms with Crippen molar-refractivity contribution in [2.75, 3.05) is 5.32 Å². The standard InChI is InChI=1S/C23H19ClN4O2/c1-15-11-13-17(14-12-15)25-23(29)26-20(16-7-3-2-4-8-16)22-28-27-21(30-22)18-9-5-6-10-19(18)24/h2-14,20H,1H3,(H2,25,26,29)/t20-/m1/s1. The average molecular weight is 419 g/mol. The van der Waals surface area contributed by atoms with Gasteiger partial charge in [-0.15, -0.1) is 10.2 Å². The molecule has 6 nitrogen and oxygen atoms in total. The molecule has 1 aromatic heterocycles. The Labute approximate surface area is 178 Å². The molecule has 0 aliphatic heterocycles. The average Bonchev–Trinajstić information content (AvgIpc) is 3.24. The molecule has 1 atom stereocenters. The number of amides is 2. The lowest BCUT2D eigenvalue weighted by Crippen LogP contribution is -2.33. The van der Waals surface area contributed by atoms with E-state index in [1.807, 2.05) is 73.7 Å². The van der Waals surface area contributed by atoms with Crippen LogP contribution in [0.4, 0.5) is 10.5 Å². The highest BCUT2D eigenvalue weighted by molar-refractivity contribution is 6.33. The molecular formula is C23H19ClN4O2. The molecule has 0 radical (unpaired) electrons. The number of carbonyl (C=O) groups excluding carboxylic acids is 1. The Kier molecular flexibility index (Phi) is 5.77. The van der Waals surface area contributed by atoms with Gasteiger partial charge < -0.3 is 15.1 Å². The number of nitrogens with one attached hydrogen (secondary N) is 2. The number of halogens is 1. The summed E-state index contributed by atoms with van der Waals surface area (Å²) < 4.78 is 5.88. The molecule has 4 aromatic rings. The highest BCUT2D eigenvalue weighted by atomic mass is 35.5. The minimum absolute atomic E-state index is 0.259. The zero-order valence-corrected chi connectivity index (χ0v) is 16.9. The van der Waals surface area contributed by atoms with Gasteiger partial charge in [0.2, 0.25) is 11.8 Å². The van der Waals surface area contributed by atoms with Crippen molar-refractivity contribution in [1.29, 1.82) is 0 Å². The Hall–Kier alpha value is -3.64. The van der Waals surface area contributed by atoms with Crippen LogP contribution in [0.15, 0.2) is 83.3 Å². The summed E-state index contributed by atoms with van der Waals surface area (Å²) in [7, 11) is 0. The minimum atomic E-state index is -0.625. The summed E-state index contributed by atoms with van der Waals surface area (Å²) in [4.78, 5) is 12.7. The van der Waals surface area contributed by atoms with Crippen molar-refractivity contribution in [2.24, 2.45) is 0 Å². The van der Waals surface area contributed by atoms with Crippen LogP contribution >= 0.6 is 11.6 Å². The van der Waals surface area contributed by atoms with Crippen LogP contribution in [0, 0.1) is 6.92 Å². The monoisotopic (exact) mass is 418 g/mol. The third kappa shape index (κ3) is 4.50. The van der Waals surface area contributed by atoms with E-state index in [0.29, 0.717) is 16.3 Å². The van der Waals surface area contributed by atoms with E-state index < -0.39 is 6.04 Å². The Morgan fingerprint density at radius 3 is 2.37 bits per heavy atom. The van der Waals surface area contributed by atoms with E-state index in [1.165, 1.54) is 0 Å². The summed E-state index contributed by atoms with van der Waals surface area (Å²) in [6.45, 7) is 1.99. The van der Waals surface area contributed by atoms with Crippen molar-refractivity contribution in [1.82, 2.24) is 15.5 Å². The van der Waals surface area contributed by atoms with Crippen molar-refractivity contribution in [2.45, 2.75) is 13.0 Å². The molecule has 2 N–H and O–H groups in total. The summed E-state index contributed by atoms with van der Waals surface area (Å²) in [5, 5.41) is 14.5. The van der Waals surface area contributed by atoms with Crippen molar-refractivity contribution in [3.63, 3.8) is 0 Å². The molecule has 0 bridgehead atoms. The third-order valence-electron chi connectivity index (χ3n) is 4.51. The lowest BCUT2D eigenvalue weighted by Gasteiger charge is -2.16. The highest BCUT2D eigenvalue weighted by Crippen LogP contribution is 2.29. The van der Waals surface area contributed by atoms with Gasteiger partial charge in [-0.1, -0.05) is 71.8 Å². The first kappa shape index (κ1) is 19.7. The number of hydrogen-bond donors (Lipinski definition) is 2. The summed E-state index contributed by atoms with van der Waals surface area (Å²) in [6.07, 6.45) is 0. The van der Waals surface area contributed by atoms with E-state index in [9.17, 15) is 4.79 Å². The van der Waals surface area contributed by atoms with Gasteiger partial charge in [0.25, 0.3) is 0 Å².